The minimum Gasteiger partial charge on any atom is -0.342 e. The molecule has 4 nitrogen and oxygen atoms in total. The van der Waals surface area contributed by atoms with Gasteiger partial charge >= 0.3 is 0 Å². The van der Waals surface area contributed by atoms with E-state index in [9.17, 15) is 4.79 Å². The Kier molecular flexibility index (Phi) is 3.93. The highest BCUT2D eigenvalue weighted by molar-refractivity contribution is 14.1. The van der Waals surface area contributed by atoms with Gasteiger partial charge in [0.05, 0.1) is 5.69 Å². The average molecular weight is 361 g/mol. The van der Waals surface area contributed by atoms with Crippen LogP contribution in [0.25, 0.3) is 0 Å². The number of methoxy groups -OCH3 is 2. The molecular weight excluding hydrogens is 345 g/mol. The largest absolute Gasteiger partial charge is 0.342 e. The summed E-state index contributed by atoms with van der Waals surface area (Å²) in [5.41, 5.74) is 1.67. The first-order chi connectivity index (χ1) is 8.60. The third kappa shape index (κ3) is 1.85. The molecule has 0 saturated heterocycles. The van der Waals surface area contributed by atoms with Crippen LogP contribution in [0.3, 0.4) is 0 Å². The average Bonchev–Trinajstić information content (AvgIpc) is 2.60. The predicted molar refractivity (Wildman–Crippen MR) is 77.5 cm³/mol. The Morgan fingerprint density at radius 2 is 2.00 bits per heavy atom. The second-order valence-electron chi connectivity index (χ2n) is 4.14. The normalized spacial score (nSPS) is 17.1. The summed E-state index contributed by atoms with van der Waals surface area (Å²) in [4.78, 5) is 14.3. The number of rotatable bonds is 4. The monoisotopic (exact) mass is 361 g/mol. The van der Waals surface area contributed by atoms with Crippen molar-refractivity contribution < 1.29 is 14.3 Å². The van der Waals surface area contributed by atoms with Gasteiger partial charge < -0.3 is 14.4 Å². The van der Waals surface area contributed by atoms with Gasteiger partial charge in [-0.25, -0.2) is 0 Å². The minimum absolute atomic E-state index is 0.147. The molecule has 1 aromatic carbocycles. The van der Waals surface area contributed by atoms with Gasteiger partial charge in [0.25, 0.3) is 11.7 Å². The lowest BCUT2D eigenvalue weighted by molar-refractivity contribution is -0.209. The number of hydrogen-bond acceptors (Lipinski definition) is 3. The minimum atomic E-state index is -1.29. The summed E-state index contributed by atoms with van der Waals surface area (Å²) in [6, 6.07) is 5.87. The fourth-order valence-corrected chi connectivity index (χ4v) is 2.82. The standard InChI is InChI=1S/C13H16INO3/c1-4-7-15-11-6-5-9(14)8-10(11)13(17-2,18-3)12(15)16/h5-6,8H,4,7H2,1-3H3. The Balaban J connectivity index is 2.60. The van der Waals surface area contributed by atoms with Crippen molar-refractivity contribution in [2.75, 3.05) is 25.7 Å². The highest BCUT2D eigenvalue weighted by Gasteiger charge is 2.52. The van der Waals surface area contributed by atoms with E-state index in [1.54, 1.807) is 4.90 Å². The van der Waals surface area contributed by atoms with Crippen LogP contribution in [-0.4, -0.2) is 26.7 Å². The molecule has 2 rings (SSSR count). The number of amides is 1. The van der Waals surface area contributed by atoms with Crippen LogP contribution < -0.4 is 4.90 Å². The van der Waals surface area contributed by atoms with Crippen molar-refractivity contribution in [1.82, 2.24) is 0 Å². The highest BCUT2D eigenvalue weighted by atomic mass is 127. The Morgan fingerprint density at radius 1 is 1.33 bits per heavy atom. The van der Waals surface area contributed by atoms with Crippen LogP contribution in [0, 0.1) is 3.57 Å². The third-order valence-electron chi connectivity index (χ3n) is 3.15. The molecule has 0 saturated carbocycles. The lowest BCUT2D eigenvalue weighted by Crippen LogP contribution is -2.43. The van der Waals surface area contributed by atoms with Gasteiger partial charge in [0, 0.05) is 29.9 Å². The van der Waals surface area contributed by atoms with Gasteiger partial charge in [0.1, 0.15) is 0 Å². The maximum atomic E-state index is 12.5. The van der Waals surface area contributed by atoms with Crippen LogP contribution in [0.5, 0.6) is 0 Å². The number of halogens is 1. The molecule has 0 atom stereocenters. The first-order valence-electron chi connectivity index (χ1n) is 5.83. The van der Waals surface area contributed by atoms with Crippen LogP contribution in [0.1, 0.15) is 18.9 Å². The summed E-state index contributed by atoms with van der Waals surface area (Å²) in [6.07, 6.45) is 0.890. The van der Waals surface area contributed by atoms with Crippen LogP contribution in [0.4, 0.5) is 5.69 Å². The van der Waals surface area contributed by atoms with Crippen molar-refractivity contribution >= 4 is 34.2 Å². The Labute approximate surface area is 120 Å². The van der Waals surface area contributed by atoms with Gasteiger partial charge in [-0.2, -0.15) is 0 Å². The van der Waals surface area contributed by atoms with Gasteiger partial charge in [-0.05, 0) is 47.2 Å². The van der Waals surface area contributed by atoms with Crippen molar-refractivity contribution in [3.05, 3.63) is 27.3 Å². The topological polar surface area (TPSA) is 38.8 Å². The summed E-state index contributed by atoms with van der Waals surface area (Å²) in [5, 5.41) is 0. The van der Waals surface area contributed by atoms with Crippen LogP contribution in [-0.2, 0) is 20.1 Å². The van der Waals surface area contributed by atoms with Gasteiger partial charge in [-0.15, -0.1) is 0 Å². The first kappa shape index (κ1) is 13.8. The zero-order chi connectivity index (χ0) is 13.3. The number of ether oxygens (including phenoxy) is 2. The molecular formula is C13H16INO3. The summed E-state index contributed by atoms with van der Waals surface area (Å²) in [5.74, 6) is -1.43. The van der Waals surface area contributed by atoms with Gasteiger partial charge in [0.2, 0.25) is 0 Å². The molecule has 0 radical (unpaired) electrons. The molecule has 1 heterocycles. The summed E-state index contributed by atoms with van der Waals surface area (Å²) in [6.45, 7) is 2.71. The summed E-state index contributed by atoms with van der Waals surface area (Å²) >= 11 is 2.22. The van der Waals surface area contributed by atoms with E-state index in [2.05, 4.69) is 22.6 Å². The second kappa shape index (κ2) is 5.14. The van der Waals surface area contributed by atoms with Crippen molar-refractivity contribution in [3.63, 3.8) is 0 Å². The van der Waals surface area contributed by atoms with E-state index in [-0.39, 0.29) is 5.91 Å². The van der Waals surface area contributed by atoms with E-state index in [0.29, 0.717) is 6.54 Å². The molecule has 0 aliphatic carbocycles. The Hall–Kier alpha value is -0.660. The fraction of sp³-hybridized carbons (Fsp3) is 0.462. The molecule has 1 aromatic rings. The fourth-order valence-electron chi connectivity index (χ4n) is 2.33. The van der Waals surface area contributed by atoms with Crippen molar-refractivity contribution in [3.8, 4) is 0 Å². The number of anilines is 1. The Morgan fingerprint density at radius 3 is 2.56 bits per heavy atom. The summed E-state index contributed by atoms with van der Waals surface area (Å²) in [7, 11) is 3.00. The Bertz CT molecular complexity index is 471. The van der Waals surface area contributed by atoms with Crippen LogP contribution in [0.15, 0.2) is 18.2 Å². The van der Waals surface area contributed by atoms with E-state index in [1.165, 1.54) is 14.2 Å². The van der Waals surface area contributed by atoms with Gasteiger partial charge in [-0.3, -0.25) is 4.79 Å². The summed E-state index contributed by atoms with van der Waals surface area (Å²) < 4.78 is 11.9. The molecule has 0 N–H and O–H groups in total. The molecule has 0 aromatic heterocycles. The molecule has 0 fully saturated rings. The van der Waals surface area contributed by atoms with Crippen LogP contribution >= 0.6 is 22.6 Å². The molecule has 0 unspecified atom stereocenters. The maximum Gasteiger partial charge on any atom is 0.292 e. The highest BCUT2D eigenvalue weighted by Crippen LogP contribution is 2.43. The lowest BCUT2D eigenvalue weighted by Gasteiger charge is -2.25. The molecule has 5 heteroatoms. The third-order valence-corrected chi connectivity index (χ3v) is 3.82. The number of hydrogen-bond donors (Lipinski definition) is 0. The quantitative estimate of drug-likeness (QED) is 0.611. The molecule has 1 aliphatic rings. The second-order valence-corrected chi connectivity index (χ2v) is 5.39. The van der Waals surface area contributed by atoms with Gasteiger partial charge in [0.15, 0.2) is 0 Å². The molecule has 98 valence electrons. The molecule has 0 bridgehead atoms. The van der Waals surface area contributed by atoms with Gasteiger partial charge in [-0.1, -0.05) is 6.92 Å². The van der Waals surface area contributed by atoms with E-state index in [0.717, 1.165) is 21.2 Å². The maximum absolute atomic E-state index is 12.5. The predicted octanol–water partition coefficient (Wildman–Crippen LogP) is 2.49. The number of benzene rings is 1. The first-order valence-corrected chi connectivity index (χ1v) is 6.91. The zero-order valence-electron chi connectivity index (χ0n) is 10.7. The van der Waals surface area contributed by atoms with Crippen LogP contribution in [0.2, 0.25) is 0 Å². The van der Waals surface area contributed by atoms with E-state index in [4.69, 9.17) is 9.47 Å². The zero-order valence-corrected chi connectivity index (χ0v) is 12.9. The number of carbonyl (C=O) groups excluding carboxylic acids is 1. The lowest BCUT2D eigenvalue weighted by atomic mass is 10.1. The van der Waals surface area contributed by atoms with Crippen molar-refractivity contribution in [1.29, 1.82) is 0 Å². The smallest absolute Gasteiger partial charge is 0.292 e. The number of fused-ring (bicyclic) bond motifs is 1. The van der Waals surface area contributed by atoms with Crippen molar-refractivity contribution in [2.24, 2.45) is 0 Å². The van der Waals surface area contributed by atoms with E-state index in [1.807, 2.05) is 25.1 Å². The number of carbonyl (C=O) groups is 1. The van der Waals surface area contributed by atoms with E-state index >= 15 is 0 Å². The van der Waals surface area contributed by atoms with E-state index < -0.39 is 5.79 Å². The molecule has 1 amide bonds. The number of nitrogens with zero attached hydrogens (tertiary/aromatic N) is 1. The molecule has 0 spiro atoms. The SMILES string of the molecule is CCCN1C(=O)C(OC)(OC)c2cc(I)ccc21. The van der Waals surface area contributed by atoms with Crippen molar-refractivity contribution in [2.45, 2.75) is 19.1 Å². The molecule has 18 heavy (non-hydrogen) atoms. The molecule has 1 aliphatic heterocycles.